The standard InChI is InChI=1S/C16H24N4O/c1-2-20-9-5-6-12(20)10-18-16(21)15-11-17-13-7-3-4-8-14(13)19-15/h3-4,7-8,12,15,17,19H,2,5-6,9-11H2,1H3,(H,18,21). The van der Waals surface area contributed by atoms with E-state index in [-0.39, 0.29) is 11.9 Å². The molecule has 2 aliphatic rings. The largest absolute Gasteiger partial charge is 0.381 e. The van der Waals surface area contributed by atoms with Gasteiger partial charge in [-0.1, -0.05) is 19.1 Å². The summed E-state index contributed by atoms with van der Waals surface area (Å²) >= 11 is 0. The molecular weight excluding hydrogens is 264 g/mol. The molecule has 0 radical (unpaired) electrons. The highest BCUT2D eigenvalue weighted by atomic mass is 16.2. The number of likely N-dealkylation sites (tertiary alicyclic amines) is 1. The van der Waals surface area contributed by atoms with Crippen LogP contribution in [0.2, 0.25) is 0 Å². The van der Waals surface area contributed by atoms with Crippen LogP contribution in [0.5, 0.6) is 0 Å². The third kappa shape index (κ3) is 3.13. The first kappa shape index (κ1) is 14.2. The fourth-order valence-electron chi connectivity index (χ4n) is 3.26. The molecule has 0 aromatic heterocycles. The van der Waals surface area contributed by atoms with Crippen molar-refractivity contribution in [2.45, 2.75) is 31.8 Å². The number of para-hydroxylation sites is 2. The fourth-order valence-corrected chi connectivity index (χ4v) is 3.26. The average Bonchev–Trinajstić information content (AvgIpc) is 2.99. The minimum atomic E-state index is -0.198. The Morgan fingerprint density at radius 3 is 3.00 bits per heavy atom. The lowest BCUT2D eigenvalue weighted by Gasteiger charge is -2.29. The molecule has 3 rings (SSSR count). The summed E-state index contributed by atoms with van der Waals surface area (Å²) in [4.78, 5) is 14.8. The first-order chi connectivity index (χ1) is 10.3. The van der Waals surface area contributed by atoms with E-state index >= 15 is 0 Å². The maximum absolute atomic E-state index is 12.3. The van der Waals surface area contributed by atoms with Crippen LogP contribution in [0, 0.1) is 0 Å². The molecule has 0 spiro atoms. The molecule has 5 nitrogen and oxygen atoms in total. The van der Waals surface area contributed by atoms with Crippen LogP contribution in [-0.2, 0) is 4.79 Å². The molecule has 0 bridgehead atoms. The molecule has 1 aromatic carbocycles. The molecule has 3 N–H and O–H groups in total. The monoisotopic (exact) mass is 288 g/mol. The summed E-state index contributed by atoms with van der Waals surface area (Å²) in [5.41, 5.74) is 2.06. The molecule has 1 saturated heterocycles. The van der Waals surface area contributed by atoms with E-state index in [2.05, 4.69) is 27.8 Å². The molecule has 0 aliphatic carbocycles. The van der Waals surface area contributed by atoms with Crippen LogP contribution in [0.15, 0.2) is 24.3 Å². The number of carbonyl (C=O) groups excluding carboxylic acids is 1. The Hall–Kier alpha value is -1.75. The van der Waals surface area contributed by atoms with Crippen molar-refractivity contribution in [3.63, 3.8) is 0 Å². The number of fused-ring (bicyclic) bond motifs is 1. The van der Waals surface area contributed by atoms with Gasteiger partial charge >= 0.3 is 0 Å². The number of benzene rings is 1. The maximum atomic E-state index is 12.3. The van der Waals surface area contributed by atoms with Crippen LogP contribution >= 0.6 is 0 Å². The summed E-state index contributed by atoms with van der Waals surface area (Å²) in [6.07, 6.45) is 2.43. The van der Waals surface area contributed by atoms with Gasteiger partial charge in [-0.3, -0.25) is 9.69 Å². The molecule has 114 valence electrons. The zero-order valence-electron chi connectivity index (χ0n) is 12.6. The molecule has 2 heterocycles. The van der Waals surface area contributed by atoms with E-state index in [1.165, 1.54) is 12.8 Å². The van der Waals surface area contributed by atoms with E-state index in [9.17, 15) is 4.79 Å². The number of nitrogens with zero attached hydrogens (tertiary/aromatic N) is 1. The van der Waals surface area contributed by atoms with Crippen LogP contribution in [0.4, 0.5) is 11.4 Å². The number of rotatable bonds is 4. The van der Waals surface area contributed by atoms with Gasteiger partial charge in [0.1, 0.15) is 6.04 Å². The highest BCUT2D eigenvalue weighted by Gasteiger charge is 2.26. The van der Waals surface area contributed by atoms with Gasteiger partial charge in [0, 0.05) is 19.1 Å². The number of anilines is 2. The van der Waals surface area contributed by atoms with Crippen molar-refractivity contribution < 1.29 is 4.79 Å². The lowest BCUT2D eigenvalue weighted by Crippen LogP contribution is -2.49. The highest BCUT2D eigenvalue weighted by molar-refractivity contribution is 5.88. The summed E-state index contributed by atoms with van der Waals surface area (Å²) in [6, 6.07) is 8.30. The topological polar surface area (TPSA) is 56.4 Å². The lowest BCUT2D eigenvalue weighted by molar-refractivity contribution is -0.121. The number of carbonyl (C=O) groups is 1. The molecule has 21 heavy (non-hydrogen) atoms. The van der Waals surface area contributed by atoms with Crippen molar-refractivity contribution in [2.24, 2.45) is 0 Å². The normalized spacial score (nSPS) is 24.8. The van der Waals surface area contributed by atoms with Crippen LogP contribution in [0.3, 0.4) is 0 Å². The molecule has 1 amide bonds. The number of hydrogen-bond donors (Lipinski definition) is 3. The molecule has 0 saturated carbocycles. The number of amides is 1. The predicted octanol–water partition coefficient (Wildman–Crippen LogP) is 1.49. The second-order valence-corrected chi connectivity index (χ2v) is 5.79. The van der Waals surface area contributed by atoms with Crippen LogP contribution < -0.4 is 16.0 Å². The van der Waals surface area contributed by atoms with Crippen molar-refractivity contribution in [3.8, 4) is 0 Å². The van der Waals surface area contributed by atoms with E-state index in [0.717, 1.165) is 31.0 Å². The minimum Gasteiger partial charge on any atom is -0.381 e. The van der Waals surface area contributed by atoms with Gasteiger partial charge in [-0.25, -0.2) is 0 Å². The molecule has 5 heteroatoms. The Balaban J connectivity index is 1.52. The molecular formula is C16H24N4O. The van der Waals surface area contributed by atoms with Gasteiger partial charge in [0.2, 0.25) is 5.91 Å². The van der Waals surface area contributed by atoms with Gasteiger partial charge in [-0.2, -0.15) is 0 Å². The zero-order chi connectivity index (χ0) is 14.7. The summed E-state index contributed by atoms with van der Waals surface area (Å²) < 4.78 is 0. The molecule has 2 aliphatic heterocycles. The second kappa shape index (κ2) is 6.35. The van der Waals surface area contributed by atoms with E-state index in [0.29, 0.717) is 12.6 Å². The summed E-state index contributed by atoms with van der Waals surface area (Å²) in [5.74, 6) is 0.0833. The first-order valence-corrected chi connectivity index (χ1v) is 7.89. The van der Waals surface area contributed by atoms with Gasteiger partial charge < -0.3 is 16.0 Å². The number of hydrogen-bond acceptors (Lipinski definition) is 4. The summed E-state index contributed by atoms with van der Waals surface area (Å²) in [6.45, 7) is 5.80. The Morgan fingerprint density at radius 2 is 2.19 bits per heavy atom. The summed E-state index contributed by atoms with van der Waals surface area (Å²) in [5, 5.41) is 9.72. The Morgan fingerprint density at radius 1 is 1.38 bits per heavy atom. The number of nitrogens with one attached hydrogen (secondary N) is 3. The van der Waals surface area contributed by atoms with Gasteiger partial charge in [0.05, 0.1) is 11.4 Å². The Bertz CT molecular complexity index is 505. The molecule has 2 atom stereocenters. The smallest absolute Gasteiger partial charge is 0.244 e. The second-order valence-electron chi connectivity index (χ2n) is 5.79. The van der Waals surface area contributed by atoms with Crippen molar-refractivity contribution >= 4 is 17.3 Å². The van der Waals surface area contributed by atoms with E-state index in [4.69, 9.17) is 0 Å². The van der Waals surface area contributed by atoms with Crippen LogP contribution in [0.25, 0.3) is 0 Å². The third-order valence-corrected chi connectivity index (χ3v) is 4.49. The maximum Gasteiger partial charge on any atom is 0.244 e. The number of likely N-dealkylation sites (N-methyl/N-ethyl adjacent to an activating group) is 1. The van der Waals surface area contributed by atoms with Crippen molar-refractivity contribution in [2.75, 3.05) is 36.8 Å². The molecule has 2 unspecified atom stereocenters. The van der Waals surface area contributed by atoms with Crippen molar-refractivity contribution in [1.29, 1.82) is 0 Å². The van der Waals surface area contributed by atoms with Crippen molar-refractivity contribution in [1.82, 2.24) is 10.2 Å². The van der Waals surface area contributed by atoms with Crippen LogP contribution in [0.1, 0.15) is 19.8 Å². The fraction of sp³-hybridized carbons (Fsp3) is 0.562. The average molecular weight is 288 g/mol. The van der Waals surface area contributed by atoms with Gasteiger partial charge in [-0.05, 0) is 38.1 Å². The van der Waals surface area contributed by atoms with E-state index in [1.54, 1.807) is 0 Å². The predicted molar refractivity (Wildman–Crippen MR) is 85.6 cm³/mol. The Labute approximate surface area is 126 Å². The van der Waals surface area contributed by atoms with Gasteiger partial charge in [0.15, 0.2) is 0 Å². The van der Waals surface area contributed by atoms with Crippen molar-refractivity contribution in [3.05, 3.63) is 24.3 Å². The SMILES string of the molecule is CCN1CCCC1CNC(=O)C1CNc2ccccc2N1. The first-order valence-electron chi connectivity index (χ1n) is 7.89. The highest BCUT2D eigenvalue weighted by Crippen LogP contribution is 2.25. The molecule has 1 aromatic rings. The third-order valence-electron chi connectivity index (χ3n) is 4.49. The van der Waals surface area contributed by atoms with Crippen LogP contribution in [-0.4, -0.2) is 49.1 Å². The zero-order valence-corrected chi connectivity index (χ0v) is 12.6. The minimum absolute atomic E-state index is 0.0833. The van der Waals surface area contributed by atoms with E-state index < -0.39 is 0 Å². The lowest BCUT2D eigenvalue weighted by atomic mass is 10.1. The van der Waals surface area contributed by atoms with Gasteiger partial charge in [0.25, 0.3) is 0 Å². The van der Waals surface area contributed by atoms with Gasteiger partial charge in [-0.15, -0.1) is 0 Å². The van der Waals surface area contributed by atoms with E-state index in [1.807, 2.05) is 24.3 Å². The quantitative estimate of drug-likeness (QED) is 0.786. The summed E-state index contributed by atoms with van der Waals surface area (Å²) in [7, 11) is 0. The molecule has 1 fully saturated rings. The Kier molecular flexibility index (Phi) is 4.29.